The first-order chi connectivity index (χ1) is 14.0. The molecule has 0 spiro atoms. The van der Waals surface area contributed by atoms with Gasteiger partial charge in [0.25, 0.3) is 0 Å². The fraction of sp³-hybridized carbons (Fsp3) is 0.286. The number of hydrogen-bond donors (Lipinski definition) is 2. The maximum Gasteiger partial charge on any atom is 0.209 e. The van der Waals surface area contributed by atoms with E-state index >= 15 is 0 Å². The van der Waals surface area contributed by atoms with Crippen molar-refractivity contribution in [2.75, 3.05) is 13.1 Å². The van der Waals surface area contributed by atoms with Crippen molar-refractivity contribution >= 4 is 17.6 Å². The first-order valence-corrected chi connectivity index (χ1v) is 9.50. The van der Waals surface area contributed by atoms with Crippen molar-refractivity contribution in [1.82, 2.24) is 24.6 Å². The van der Waals surface area contributed by atoms with Gasteiger partial charge in [-0.2, -0.15) is 0 Å². The van der Waals surface area contributed by atoms with Crippen LogP contribution in [-0.2, 0) is 11.8 Å². The number of nitrogens with zero attached hydrogens (tertiary/aromatic N) is 4. The quantitative estimate of drug-likeness (QED) is 0.649. The maximum absolute atomic E-state index is 14.5. The number of pyridine rings is 2. The van der Waals surface area contributed by atoms with E-state index in [1.54, 1.807) is 23.7 Å². The molecule has 0 saturated heterocycles. The first kappa shape index (κ1) is 19.1. The van der Waals surface area contributed by atoms with Crippen LogP contribution in [0.25, 0.3) is 11.2 Å². The predicted octanol–water partition coefficient (Wildman–Crippen LogP) is 1.84. The normalized spacial score (nSPS) is 16.0. The van der Waals surface area contributed by atoms with Crippen LogP contribution in [0.5, 0.6) is 0 Å². The van der Waals surface area contributed by atoms with E-state index in [-0.39, 0.29) is 5.65 Å². The average Bonchev–Trinajstić information content (AvgIpc) is 3.10. The van der Waals surface area contributed by atoms with E-state index in [1.165, 1.54) is 11.6 Å². The fourth-order valence-electron chi connectivity index (χ4n) is 3.56. The zero-order valence-corrected chi connectivity index (χ0v) is 16.4. The van der Waals surface area contributed by atoms with Gasteiger partial charge in [-0.05, 0) is 49.2 Å². The van der Waals surface area contributed by atoms with Crippen molar-refractivity contribution in [3.63, 3.8) is 0 Å². The lowest BCUT2D eigenvalue weighted by atomic mass is 10.0. The molecular weight excluding hydrogens is 371 g/mol. The number of amides is 1. The van der Waals surface area contributed by atoms with Crippen molar-refractivity contribution < 1.29 is 9.18 Å². The molecular formula is C21H23FN6O. The number of rotatable bonds is 5. The molecule has 3 aromatic heterocycles. The number of imidazole rings is 1. The summed E-state index contributed by atoms with van der Waals surface area (Å²) < 4.78 is 18.0. The molecule has 0 bridgehead atoms. The summed E-state index contributed by atoms with van der Waals surface area (Å²) >= 11 is 0. The molecule has 0 saturated carbocycles. The summed E-state index contributed by atoms with van der Waals surface area (Å²) in [6.07, 6.45) is 8.52. The molecule has 4 heterocycles. The van der Waals surface area contributed by atoms with E-state index in [9.17, 15) is 9.18 Å². The minimum Gasteiger partial charge on any atom is -0.336 e. The van der Waals surface area contributed by atoms with Crippen LogP contribution in [0.3, 0.4) is 0 Å². The second kappa shape index (κ2) is 8.00. The standard InChI is InChI=1S/C21H23FN6O/c1-14-10-28-12-17(9-18(22)21(28)25-14)20(24-13-29)26-19-4-3-16(11-27(19)2)15-5-7-23-8-6-15/h3-5,9-13,20,23H,6-8H2,1-2H3,(H,24,29)/b26-19-. The largest absolute Gasteiger partial charge is 0.336 e. The lowest BCUT2D eigenvalue weighted by molar-refractivity contribution is -0.110. The number of nitrogens with one attached hydrogen (secondary N) is 2. The minimum atomic E-state index is -0.718. The van der Waals surface area contributed by atoms with Gasteiger partial charge in [0, 0.05) is 37.7 Å². The molecule has 150 valence electrons. The van der Waals surface area contributed by atoms with E-state index in [1.807, 2.05) is 29.9 Å². The Hall–Kier alpha value is -3.26. The summed E-state index contributed by atoms with van der Waals surface area (Å²) in [5, 5.41) is 5.98. The molecule has 29 heavy (non-hydrogen) atoms. The number of hydrogen-bond acceptors (Lipinski definition) is 4. The number of aryl methyl sites for hydroxylation is 2. The zero-order chi connectivity index (χ0) is 20.4. The summed E-state index contributed by atoms with van der Waals surface area (Å²) in [7, 11) is 1.91. The summed E-state index contributed by atoms with van der Waals surface area (Å²) in [5.41, 5.74) is 4.62. The van der Waals surface area contributed by atoms with Gasteiger partial charge in [0.1, 0.15) is 5.49 Å². The molecule has 7 nitrogen and oxygen atoms in total. The van der Waals surface area contributed by atoms with Crippen molar-refractivity contribution in [2.24, 2.45) is 12.0 Å². The molecule has 8 heteroatoms. The Morgan fingerprint density at radius 1 is 1.34 bits per heavy atom. The smallest absolute Gasteiger partial charge is 0.209 e. The SMILES string of the molecule is Cc1cn2cc(C(/N=c3/ccc(C4=CCNCC4)cn3C)NC=O)cc(F)c2n1. The maximum atomic E-state index is 14.5. The molecule has 4 rings (SSSR count). The summed E-state index contributed by atoms with van der Waals surface area (Å²) in [6.45, 7) is 3.64. The fourth-order valence-corrected chi connectivity index (χ4v) is 3.56. The van der Waals surface area contributed by atoms with E-state index in [0.29, 0.717) is 23.2 Å². The molecule has 1 aliphatic heterocycles. The lowest BCUT2D eigenvalue weighted by Crippen LogP contribution is -2.25. The topological polar surface area (TPSA) is 75.7 Å². The Morgan fingerprint density at radius 2 is 2.21 bits per heavy atom. The molecule has 0 aromatic carbocycles. The Balaban J connectivity index is 1.73. The highest BCUT2D eigenvalue weighted by Crippen LogP contribution is 2.20. The second-order valence-corrected chi connectivity index (χ2v) is 7.12. The zero-order valence-electron chi connectivity index (χ0n) is 16.4. The third-order valence-corrected chi connectivity index (χ3v) is 4.99. The van der Waals surface area contributed by atoms with Crippen LogP contribution in [0.1, 0.15) is 29.4 Å². The molecule has 2 N–H and O–H groups in total. The molecule has 1 atom stereocenters. The van der Waals surface area contributed by atoms with Crippen LogP contribution >= 0.6 is 0 Å². The van der Waals surface area contributed by atoms with Crippen LogP contribution in [-0.4, -0.2) is 33.5 Å². The molecule has 0 radical (unpaired) electrons. The lowest BCUT2D eigenvalue weighted by Gasteiger charge is -2.16. The number of halogens is 1. The Bertz CT molecular complexity index is 1160. The Morgan fingerprint density at radius 3 is 2.93 bits per heavy atom. The van der Waals surface area contributed by atoms with Gasteiger partial charge in [0.2, 0.25) is 6.41 Å². The molecule has 1 unspecified atom stereocenters. The number of carbonyl (C=O) groups excluding carboxylic acids is 1. The van der Waals surface area contributed by atoms with Gasteiger partial charge in [0.05, 0.1) is 5.69 Å². The summed E-state index contributed by atoms with van der Waals surface area (Å²) in [5.74, 6) is -0.457. The second-order valence-electron chi connectivity index (χ2n) is 7.12. The van der Waals surface area contributed by atoms with E-state index in [0.717, 1.165) is 25.1 Å². The van der Waals surface area contributed by atoms with Crippen LogP contribution in [0.15, 0.2) is 47.9 Å². The molecule has 3 aromatic rings. The van der Waals surface area contributed by atoms with Crippen LogP contribution in [0.2, 0.25) is 0 Å². The molecule has 1 amide bonds. The third kappa shape index (κ3) is 3.97. The summed E-state index contributed by atoms with van der Waals surface area (Å²) in [6, 6.07) is 5.30. The first-order valence-electron chi connectivity index (χ1n) is 9.50. The monoisotopic (exact) mass is 394 g/mol. The van der Waals surface area contributed by atoms with Gasteiger partial charge in [-0.3, -0.25) is 4.79 Å². The van der Waals surface area contributed by atoms with E-state index in [4.69, 9.17) is 0 Å². The predicted molar refractivity (Wildman–Crippen MR) is 108 cm³/mol. The van der Waals surface area contributed by atoms with Crippen LogP contribution < -0.4 is 16.1 Å². The van der Waals surface area contributed by atoms with Crippen molar-refractivity contribution in [3.05, 3.63) is 71.0 Å². The molecule has 0 aliphatic carbocycles. The average molecular weight is 394 g/mol. The minimum absolute atomic E-state index is 0.251. The highest BCUT2D eigenvalue weighted by atomic mass is 19.1. The van der Waals surface area contributed by atoms with Crippen LogP contribution in [0, 0.1) is 12.7 Å². The van der Waals surface area contributed by atoms with Gasteiger partial charge < -0.3 is 19.6 Å². The number of fused-ring (bicyclic) bond motifs is 1. The highest BCUT2D eigenvalue weighted by molar-refractivity contribution is 5.65. The van der Waals surface area contributed by atoms with Gasteiger partial charge >= 0.3 is 0 Å². The van der Waals surface area contributed by atoms with Crippen molar-refractivity contribution in [1.29, 1.82) is 0 Å². The third-order valence-electron chi connectivity index (χ3n) is 4.99. The number of carbonyl (C=O) groups is 1. The van der Waals surface area contributed by atoms with E-state index in [2.05, 4.69) is 26.7 Å². The van der Waals surface area contributed by atoms with Crippen molar-refractivity contribution in [2.45, 2.75) is 19.5 Å². The Kier molecular flexibility index (Phi) is 5.26. The van der Waals surface area contributed by atoms with Crippen molar-refractivity contribution in [3.8, 4) is 0 Å². The Labute approximate surface area is 167 Å². The number of aromatic nitrogens is 3. The molecule has 0 fully saturated rings. The van der Waals surface area contributed by atoms with Gasteiger partial charge in [-0.25, -0.2) is 14.4 Å². The summed E-state index contributed by atoms with van der Waals surface area (Å²) in [4.78, 5) is 20.0. The van der Waals surface area contributed by atoms with Gasteiger partial charge in [-0.1, -0.05) is 6.08 Å². The van der Waals surface area contributed by atoms with Crippen LogP contribution in [0.4, 0.5) is 4.39 Å². The van der Waals surface area contributed by atoms with E-state index < -0.39 is 12.0 Å². The molecule has 1 aliphatic rings. The van der Waals surface area contributed by atoms with Gasteiger partial charge in [-0.15, -0.1) is 0 Å². The highest BCUT2D eigenvalue weighted by Gasteiger charge is 2.14. The van der Waals surface area contributed by atoms with Gasteiger partial charge in [0.15, 0.2) is 17.6 Å².